The maximum atomic E-state index is 13.2. The quantitative estimate of drug-likeness (QED) is 0.650. The van der Waals surface area contributed by atoms with Crippen molar-refractivity contribution in [3.8, 4) is 0 Å². The SMILES string of the molecule is O=C(Cc1ccccn1)[C@H](CC1CCCCC1)n1cnc2ccccc2c1=O. The standard InChI is InChI=1S/C23H25N3O2/c27-22(15-18-10-6-7-13-24-18)21(14-17-8-2-1-3-9-17)26-16-25-20-12-5-4-11-19(20)23(26)28/h4-7,10-13,16-17,21H,1-3,8-9,14-15H2/t21-/m0/s1. The second kappa shape index (κ2) is 8.46. The lowest BCUT2D eigenvalue weighted by Gasteiger charge is -2.27. The molecule has 0 amide bonds. The fraction of sp³-hybridized carbons (Fsp3) is 0.391. The van der Waals surface area contributed by atoms with E-state index in [1.165, 1.54) is 19.3 Å². The highest BCUT2D eigenvalue weighted by Gasteiger charge is 2.27. The molecule has 1 saturated carbocycles. The van der Waals surface area contributed by atoms with E-state index >= 15 is 0 Å². The second-order valence-corrected chi connectivity index (χ2v) is 7.69. The average molecular weight is 375 g/mol. The lowest BCUT2D eigenvalue weighted by Crippen LogP contribution is -2.33. The zero-order valence-electron chi connectivity index (χ0n) is 16.0. The summed E-state index contributed by atoms with van der Waals surface area (Å²) >= 11 is 0. The molecule has 0 N–H and O–H groups in total. The Morgan fingerprint density at radius 3 is 2.61 bits per heavy atom. The molecule has 1 fully saturated rings. The number of fused-ring (bicyclic) bond motifs is 1. The fourth-order valence-electron chi connectivity index (χ4n) is 4.24. The van der Waals surface area contributed by atoms with Gasteiger partial charge in [-0.3, -0.25) is 19.1 Å². The first-order chi connectivity index (χ1) is 13.7. The van der Waals surface area contributed by atoms with E-state index in [2.05, 4.69) is 9.97 Å². The summed E-state index contributed by atoms with van der Waals surface area (Å²) < 4.78 is 1.56. The first-order valence-corrected chi connectivity index (χ1v) is 10.1. The van der Waals surface area contributed by atoms with E-state index in [1.807, 2.05) is 36.4 Å². The Morgan fingerprint density at radius 2 is 1.82 bits per heavy atom. The van der Waals surface area contributed by atoms with E-state index in [4.69, 9.17) is 0 Å². The van der Waals surface area contributed by atoms with Crippen LogP contribution in [0.15, 0.2) is 59.8 Å². The molecule has 1 aliphatic carbocycles. The monoisotopic (exact) mass is 375 g/mol. The number of para-hydroxylation sites is 1. The van der Waals surface area contributed by atoms with Gasteiger partial charge in [-0.15, -0.1) is 0 Å². The van der Waals surface area contributed by atoms with E-state index in [0.29, 0.717) is 23.2 Å². The number of carbonyl (C=O) groups is 1. The highest BCUT2D eigenvalue weighted by Crippen LogP contribution is 2.31. The van der Waals surface area contributed by atoms with Crippen LogP contribution in [0.2, 0.25) is 0 Å². The third-order valence-electron chi connectivity index (χ3n) is 5.76. The van der Waals surface area contributed by atoms with Crippen molar-refractivity contribution in [2.45, 2.75) is 51.0 Å². The second-order valence-electron chi connectivity index (χ2n) is 7.69. The van der Waals surface area contributed by atoms with Crippen molar-refractivity contribution in [3.05, 3.63) is 71.0 Å². The number of rotatable bonds is 6. The van der Waals surface area contributed by atoms with Crippen LogP contribution >= 0.6 is 0 Å². The van der Waals surface area contributed by atoms with Gasteiger partial charge in [0.2, 0.25) is 0 Å². The molecule has 0 spiro atoms. The van der Waals surface area contributed by atoms with Gasteiger partial charge in [-0.25, -0.2) is 4.98 Å². The summed E-state index contributed by atoms with van der Waals surface area (Å²) in [4.78, 5) is 35.1. The Bertz CT molecular complexity index is 1010. The number of carbonyl (C=O) groups excluding carboxylic acids is 1. The van der Waals surface area contributed by atoms with E-state index < -0.39 is 6.04 Å². The van der Waals surface area contributed by atoms with Gasteiger partial charge in [0.1, 0.15) is 0 Å². The minimum absolute atomic E-state index is 0.0310. The molecular weight excluding hydrogens is 350 g/mol. The number of hydrogen-bond donors (Lipinski definition) is 0. The third-order valence-corrected chi connectivity index (χ3v) is 5.76. The Balaban J connectivity index is 1.68. The van der Waals surface area contributed by atoms with Gasteiger partial charge < -0.3 is 0 Å². The molecule has 28 heavy (non-hydrogen) atoms. The maximum absolute atomic E-state index is 13.2. The molecular formula is C23H25N3O2. The zero-order valence-corrected chi connectivity index (χ0v) is 16.0. The molecule has 0 saturated heterocycles. The number of Topliss-reactive ketones (excluding diaryl/α,β-unsaturated/α-hetero) is 1. The van der Waals surface area contributed by atoms with Crippen molar-refractivity contribution in [2.75, 3.05) is 0 Å². The number of benzene rings is 1. The fourth-order valence-corrected chi connectivity index (χ4v) is 4.24. The molecule has 0 aliphatic heterocycles. The van der Waals surface area contributed by atoms with Crippen LogP contribution in [0.4, 0.5) is 0 Å². The first kappa shape index (κ1) is 18.5. The predicted molar refractivity (Wildman–Crippen MR) is 109 cm³/mol. The van der Waals surface area contributed by atoms with Crippen molar-refractivity contribution < 1.29 is 4.79 Å². The Labute approximate surface area is 164 Å². The largest absolute Gasteiger partial charge is 0.297 e. The molecule has 2 heterocycles. The van der Waals surface area contributed by atoms with Crippen molar-refractivity contribution in [2.24, 2.45) is 5.92 Å². The molecule has 144 valence electrons. The molecule has 2 aromatic heterocycles. The highest BCUT2D eigenvalue weighted by atomic mass is 16.1. The van der Waals surface area contributed by atoms with Crippen molar-refractivity contribution in [3.63, 3.8) is 0 Å². The molecule has 5 nitrogen and oxygen atoms in total. The number of pyridine rings is 1. The normalized spacial score (nSPS) is 16.1. The van der Waals surface area contributed by atoms with Crippen LogP contribution in [0.1, 0.15) is 50.3 Å². The summed E-state index contributed by atoms with van der Waals surface area (Å²) in [6, 6.07) is 12.4. The topological polar surface area (TPSA) is 64.8 Å². The Morgan fingerprint density at radius 1 is 1.04 bits per heavy atom. The van der Waals surface area contributed by atoms with Gasteiger partial charge in [0.25, 0.3) is 5.56 Å². The summed E-state index contributed by atoms with van der Waals surface area (Å²) in [5, 5.41) is 0.560. The van der Waals surface area contributed by atoms with Crippen LogP contribution in [-0.2, 0) is 11.2 Å². The molecule has 0 radical (unpaired) electrons. The molecule has 1 aliphatic rings. The number of nitrogens with zero attached hydrogens (tertiary/aromatic N) is 3. The van der Waals surface area contributed by atoms with E-state index in [9.17, 15) is 9.59 Å². The molecule has 3 aromatic rings. The molecule has 5 heteroatoms. The molecule has 0 bridgehead atoms. The molecule has 0 unspecified atom stereocenters. The number of hydrogen-bond acceptors (Lipinski definition) is 4. The Hall–Kier alpha value is -2.82. The zero-order chi connectivity index (χ0) is 19.3. The van der Waals surface area contributed by atoms with Gasteiger partial charge in [-0.05, 0) is 36.6 Å². The van der Waals surface area contributed by atoms with Crippen LogP contribution in [0, 0.1) is 5.92 Å². The van der Waals surface area contributed by atoms with E-state index in [-0.39, 0.29) is 17.8 Å². The van der Waals surface area contributed by atoms with Gasteiger partial charge >= 0.3 is 0 Å². The number of aromatic nitrogens is 3. The van der Waals surface area contributed by atoms with Gasteiger partial charge in [0, 0.05) is 11.9 Å². The Kier molecular flexibility index (Phi) is 5.60. The molecule has 4 rings (SSSR count). The molecule has 1 atom stereocenters. The lowest BCUT2D eigenvalue weighted by molar-refractivity contribution is -0.122. The lowest BCUT2D eigenvalue weighted by atomic mass is 9.83. The minimum Gasteiger partial charge on any atom is -0.297 e. The highest BCUT2D eigenvalue weighted by molar-refractivity contribution is 5.85. The third kappa shape index (κ3) is 4.03. The van der Waals surface area contributed by atoms with Gasteiger partial charge in [-0.1, -0.05) is 50.3 Å². The average Bonchev–Trinajstić information content (AvgIpc) is 2.74. The maximum Gasteiger partial charge on any atom is 0.261 e. The van der Waals surface area contributed by atoms with Gasteiger partial charge in [0.05, 0.1) is 29.7 Å². The summed E-state index contributed by atoms with van der Waals surface area (Å²) in [6.45, 7) is 0. The van der Waals surface area contributed by atoms with Crippen LogP contribution in [0.5, 0.6) is 0 Å². The van der Waals surface area contributed by atoms with Crippen LogP contribution < -0.4 is 5.56 Å². The summed E-state index contributed by atoms with van der Waals surface area (Å²) in [5.41, 5.74) is 1.26. The van der Waals surface area contributed by atoms with Crippen LogP contribution in [-0.4, -0.2) is 20.3 Å². The first-order valence-electron chi connectivity index (χ1n) is 10.1. The smallest absolute Gasteiger partial charge is 0.261 e. The van der Waals surface area contributed by atoms with Crippen molar-refractivity contribution >= 4 is 16.7 Å². The van der Waals surface area contributed by atoms with Crippen molar-refractivity contribution in [1.82, 2.24) is 14.5 Å². The molecule has 1 aromatic carbocycles. The van der Waals surface area contributed by atoms with E-state index in [1.54, 1.807) is 23.2 Å². The summed E-state index contributed by atoms with van der Waals surface area (Å²) in [7, 11) is 0. The van der Waals surface area contributed by atoms with Crippen molar-refractivity contribution in [1.29, 1.82) is 0 Å². The van der Waals surface area contributed by atoms with Gasteiger partial charge in [0.15, 0.2) is 5.78 Å². The van der Waals surface area contributed by atoms with Crippen LogP contribution in [0.25, 0.3) is 10.9 Å². The van der Waals surface area contributed by atoms with Crippen LogP contribution in [0.3, 0.4) is 0 Å². The van der Waals surface area contributed by atoms with Gasteiger partial charge in [-0.2, -0.15) is 0 Å². The summed E-state index contributed by atoms with van der Waals surface area (Å²) in [6.07, 6.45) is 10.1. The minimum atomic E-state index is -0.491. The predicted octanol–water partition coefficient (Wildman–Crippen LogP) is 4.11. The van der Waals surface area contributed by atoms with E-state index in [0.717, 1.165) is 18.5 Å². The number of ketones is 1. The summed E-state index contributed by atoms with van der Waals surface area (Å²) in [5.74, 6) is 0.508.